The maximum Gasteiger partial charge on any atom is 0.160 e. The van der Waals surface area contributed by atoms with Crippen molar-refractivity contribution in [1.82, 2.24) is 4.98 Å². The first-order valence-electron chi connectivity index (χ1n) is 6.22. The highest BCUT2D eigenvalue weighted by molar-refractivity contribution is 5.55. The maximum atomic E-state index is 5.28. The van der Waals surface area contributed by atoms with Crippen molar-refractivity contribution in [3.8, 4) is 5.75 Å². The van der Waals surface area contributed by atoms with Gasteiger partial charge < -0.3 is 10.1 Å². The summed E-state index contributed by atoms with van der Waals surface area (Å²) in [5.41, 5.74) is 3.63. The summed E-state index contributed by atoms with van der Waals surface area (Å²) >= 11 is 0. The second kappa shape index (κ2) is 5.71. The van der Waals surface area contributed by atoms with Gasteiger partial charge in [0.1, 0.15) is 0 Å². The molecular weight excluding hydrogens is 212 g/mol. The number of hydrogen-bond donors (Lipinski definition) is 1. The normalized spacial score (nSPS) is 14.6. The van der Waals surface area contributed by atoms with Gasteiger partial charge in [0.15, 0.2) is 5.75 Å². The average molecular weight is 232 g/mol. The predicted molar refractivity (Wildman–Crippen MR) is 70.6 cm³/mol. The number of nitrogens with one attached hydrogen (secondary N) is 1. The highest BCUT2D eigenvalue weighted by Gasteiger charge is 2.06. The average Bonchev–Trinajstić information content (AvgIpc) is 2.82. The first-order chi connectivity index (χ1) is 8.29. The number of pyridine rings is 1. The van der Waals surface area contributed by atoms with Gasteiger partial charge in [-0.05, 0) is 38.7 Å². The zero-order valence-electron chi connectivity index (χ0n) is 10.6. The van der Waals surface area contributed by atoms with Gasteiger partial charge in [-0.2, -0.15) is 0 Å². The Morgan fingerprint density at radius 3 is 3.06 bits per heavy atom. The molecule has 0 atom stereocenters. The van der Waals surface area contributed by atoms with E-state index in [2.05, 4.69) is 16.4 Å². The van der Waals surface area contributed by atoms with Crippen LogP contribution >= 0.6 is 0 Å². The molecule has 1 aliphatic rings. The summed E-state index contributed by atoms with van der Waals surface area (Å²) in [6.45, 7) is 2.95. The molecule has 0 radical (unpaired) electrons. The lowest BCUT2D eigenvalue weighted by atomic mass is 10.1. The number of methoxy groups -OCH3 is 1. The van der Waals surface area contributed by atoms with E-state index in [1.165, 1.54) is 19.3 Å². The van der Waals surface area contributed by atoms with Crippen LogP contribution in [0.4, 0.5) is 5.69 Å². The van der Waals surface area contributed by atoms with Gasteiger partial charge in [-0.25, -0.2) is 0 Å². The number of allylic oxidation sites excluding steroid dienone is 1. The number of aryl methyl sites for hydroxylation is 1. The van der Waals surface area contributed by atoms with Crippen LogP contribution in [0.2, 0.25) is 0 Å². The van der Waals surface area contributed by atoms with Crippen LogP contribution in [0.15, 0.2) is 23.9 Å². The molecule has 1 aliphatic carbocycles. The van der Waals surface area contributed by atoms with Crippen molar-refractivity contribution in [3.05, 3.63) is 29.6 Å². The van der Waals surface area contributed by atoms with E-state index in [1.54, 1.807) is 18.9 Å². The lowest BCUT2D eigenvalue weighted by Crippen LogP contribution is -2.04. The molecule has 1 N–H and O–H groups in total. The Bertz CT molecular complexity index is 413. The Kier molecular flexibility index (Phi) is 4.02. The molecule has 0 fully saturated rings. The van der Waals surface area contributed by atoms with Crippen LogP contribution in [0.5, 0.6) is 5.75 Å². The van der Waals surface area contributed by atoms with E-state index in [1.807, 2.05) is 13.0 Å². The molecule has 1 aromatic heterocycles. The van der Waals surface area contributed by atoms with Crippen molar-refractivity contribution in [2.45, 2.75) is 32.6 Å². The largest absolute Gasteiger partial charge is 0.493 e. The standard InChI is InChI=1S/C14H20N2O/c1-11-9-13(14(17-2)10-16-11)15-8-7-12-5-3-4-6-12/h5,9-10H,3-4,6-8H2,1-2H3,(H,15,16). The van der Waals surface area contributed by atoms with Gasteiger partial charge in [-0.15, -0.1) is 0 Å². The van der Waals surface area contributed by atoms with Gasteiger partial charge in [0.25, 0.3) is 0 Å². The molecular formula is C14H20N2O. The third kappa shape index (κ3) is 3.22. The van der Waals surface area contributed by atoms with Crippen molar-refractivity contribution in [2.75, 3.05) is 19.0 Å². The Labute approximate surface area is 103 Å². The van der Waals surface area contributed by atoms with E-state index in [9.17, 15) is 0 Å². The Morgan fingerprint density at radius 2 is 2.35 bits per heavy atom. The van der Waals surface area contributed by atoms with E-state index in [-0.39, 0.29) is 0 Å². The monoisotopic (exact) mass is 232 g/mol. The molecule has 0 spiro atoms. The molecule has 0 saturated carbocycles. The number of aromatic nitrogens is 1. The molecule has 0 saturated heterocycles. The minimum atomic E-state index is 0.816. The van der Waals surface area contributed by atoms with Gasteiger partial charge in [0, 0.05) is 12.2 Å². The molecule has 1 aromatic rings. The summed E-state index contributed by atoms with van der Waals surface area (Å²) in [4.78, 5) is 4.22. The van der Waals surface area contributed by atoms with Crippen LogP contribution in [0.1, 0.15) is 31.4 Å². The van der Waals surface area contributed by atoms with E-state index >= 15 is 0 Å². The van der Waals surface area contributed by atoms with Gasteiger partial charge in [0.2, 0.25) is 0 Å². The SMILES string of the molecule is COc1cnc(C)cc1NCCC1=CCCC1. The molecule has 2 rings (SSSR count). The van der Waals surface area contributed by atoms with Crippen molar-refractivity contribution in [1.29, 1.82) is 0 Å². The molecule has 0 amide bonds. The zero-order valence-corrected chi connectivity index (χ0v) is 10.6. The molecule has 0 unspecified atom stereocenters. The summed E-state index contributed by atoms with van der Waals surface area (Å²) in [6.07, 6.45) is 9.13. The molecule has 17 heavy (non-hydrogen) atoms. The molecule has 3 nitrogen and oxygen atoms in total. The first-order valence-corrected chi connectivity index (χ1v) is 6.22. The number of hydrogen-bond acceptors (Lipinski definition) is 3. The quantitative estimate of drug-likeness (QED) is 0.791. The molecule has 0 bridgehead atoms. The number of nitrogens with zero attached hydrogens (tertiary/aromatic N) is 1. The Hall–Kier alpha value is -1.51. The van der Waals surface area contributed by atoms with Crippen LogP contribution in [0, 0.1) is 6.92 Å². The summed E-state index contributed by atoms with van der Waals surface area (Å²) in [5.74, 6) is 0.816. The van der Waals surface area contributed by atoms with Gasteiger partial charge in [-0.1, -0.05) is 11.6 Å². The van der Waals surface area contributed by atoms with E-state index < -0.39 is 0 Å². The molecule has 0 aliphatic heterocycles. The maximum absolute atomic E-state index is 5.28. The number of anilines is 1. The third-order valence-corrected chi connectivity index (χ3v) is 3.12. The minimum absolute atomic E-state index is 0.816. The van der Waals surface area contributed by atoms with Gasteiger partial charge in [0.05, 0.1) is 19.0 Å². The van der Waals surface area contributed by atoms with Crippen LogP contribution < -0.4 is 10.1 Å². The second-order valence-electron chi connectivity index (χ2n) is 4.46. The third-order valence-electron chi connectivity index (χ3n) is 3.12. The van der Waals surface area contributed by atoms with E-state index in [0.717, 1.165) is 30.1 Å². The lowest BCUT2D eigenvalue weighted by molar-refractivity contribution is 0.414. The zero-order chi connectivity index (χ0) is 12.1. The van der Waals surface area contributed by atoms with Crippen LogP contribution in [-0.4, -0.2) is 18.6 Å². The predicted octanol–water partition coefficient (Wildman–Crippen LogP) is 3.31. The lowest BCUT2D eigenvalue weighted by Gasteiger charge is -2.11. The summed E-state index contributed by atoms with van der Waals surface area (Å²) < 4.78 is 5.28. The number of ether oxygens (including phenoxy) is 1. The number of rotatable bonds is 5. The van der Waals surface area contributed by atoms with Gasteiger partial charge in [-0.3, -0.25) is 4.98 Å². The first kappa shape index (κ1) is 12.0. The molecule has 92 valence electrons. The smallest absolute Gasteiger partial charge is 0.160 e. The summed E-state index contributed by atoms with van der Waals surface area (Å²) in [6, 6.07) is 2.03. The van der Waals surface area contributed by atoms with Crippen LogP contribution in [-0.2, 0) is 0 Å². The van der Waals surface area contributed by atoms with Crippen molar-refractivity contribution in [2.24, 2.45) is 0 Å². The van der Waals surface area contributed by atoms with E-state index in [4.69, 9.17) is 4.74 Å². The van der Waals surface area contributed by atoms with Crippen molar-refractivity contribution in [3.63, 3.8) is 0 Å². The fourth-order valence-electron chi connectivity index (χ4n) is 2.17. The van der Waals surface area contributed by atoms with Crippen molar-refractivity contribution < 1.29 is 4.74 Å². The van der Waals surface area contributed by atoms with Gasteiger partial charge >= 0.3 is 0 Å². The summed E-state index contributed by atoms with van der Waals surface area (Å²) in [7, 11) is 1.68. The fourth-order valence-corrected chi connectivity index (χ4v) is 2.17. The topological polar surface area (TPSA) is 34.1 Å². The second-order valence-corrected chi connectivity index (χ2v) is 4.46. The highest BCUT2D eigenvalue weighted by atomic mass is 16.5. The van der Waals surface area contributed by atoms with Crippen LogP contribution in [0.3, 0.4) is 0 Å². The highest BCUT2D eigenvalue weighted by Crippen LogP contribution is 2.25. The Morgan fingerprint density at radius 1 is 1.47 bits per heavy atom. The molecule has 1 heterocycles. The van der Waals surface area contributed by atoms with Crippen molar-refractivity contribution >= 4 is 5.69 Å². The van der Waals surface area contributed by atoms with Crippen LogP contribution in [0.25, 0.3) is 0 Å². The molecule has 0 aromatic carbocycles. The minimum Gasteiger partial charge on any atom is -0.493 e. The molecule has 3 heteroatoms. The fraction of sp³-hybridized carbons (Fsp3) is 0.500. The summed E-state index contributed by atoms with van der Waals surface area (Å²) in [5, 5.41) is 3.43. The van der Waals surface area contributed by atoms with E-state index in [0.29, 0.717) is 0 Å². The Balaban J connectivity index is 1.91.